The van der Waals surface area contributed by atoms with E-state index in [1.165, 1.54) is 148 Å². The lowest BCUT2D eigenvalue weighted by Gasteiger charge is -2.20. The van der Waals surface area contributed by atoms with Crippen LogP contribution in [0, 0.1) is 0 Å². The van der Waals surface area contributed by atoms with Crippen LogP contribution in [0.3, 0.4) is 0 Å². The Kier molecular flexibility index (Phi) is 42.7. The fourth-order valence-corrected chi connectivity index (χ4v) is 7.35. The topological polar surface area (TPSA) is 132 Å². The lowest BCUT2D eigenvalue weighted by molar-refractivity contribution is -0.154. The van der Waals surface area contributed by atoms with Gasteiger partial charge in [-0.15, -0.1) is 0 Å². The zero-order valence-electron chi connectivity index (χ0n) is 36.4. The summed E-state index contributed by atoms with van der Waals surface area (Å²) in [6, 6.07) is 0. The second-order valence-electron chi connectivity index (χ2n) is 15.8. The number of phosphoric ester groups is 1. The van der Waals surface area contributed by atoms with Crippen LogP contribution in [0.1, 0.15) is 219 Å². The van der Waals surface area contributed by atoms with Gasteiger partial charge >= 0.3 is 13.8 Å². The number of carbonyl (C=O) groups is 1. The van der Waals surface area contributed by atoms with Crippen LogP contribution < -0.4 is 0 Å². The molecule has 3 atom stereocenters. The predicted molar refractivity (Wildman–Crippen MR) is 233 cm³/mol. The van der Waals surface area contributed by atoms with E-state index in [-0.39, 0.29) is 25.6 Å². The highest BCUT2D eigenvalue weighted by Crippen LogP contribution is 2.43. The highest BCUT2D eigenvalue weighted by Gasteiger charge is 2.26. The van der Waals surface area contributed by atoms with Gasteiger partial charge in [-0.05, 0) is 44.9 Å². The second kappa shape index (κ2) is 43.5. The molecule has 10 heteroatoms. The molecule has 0 aliphatic rings. The maximum Gasteiger partial charge on any atom is 0.472 e. The van der Waals surface area contributed by atoms with E-state index >= 15 is 0 Å². The third kappa shape index (κ3) is 42.5. The second-order valence-corrected chi connectivity index (χ2v) is 17.2. The van der Waals surface area contributed by atoms with E-state index in [9.17, 15) is 19.4 Å². The molecule has 0 saturated carbocycles. The van der Waals surface area contributed by atoms with E-state index in [0.29, 0.717) is 6.61 Å². The van der Waals surface area contributed by atoms with Crippen molar-refractivity contribution in [2.75, 3.05) is 33.0 Å². The van der Waals surface area contributed by atoms with Crippen molar-refractivity contribution < 1.29 is 43.0 Å². The Balaban J connectivity index is 4.11. The minimum absolute atomic E-state index is 0.0493. The van der Waals surface area contributed by atoms with Gasteiger partial charge in [0.2, 0.25) is 0 Å². The van der Waals surface area contributed by atoms with Crippen molar-refractivity contribution in [2.45, 2.75) is 232 Å². The van der Waals surface area contributed by atoms with Crippen molar-refractivity contribution in [3.8, 4) is 0 Å². The van der Waals surface area contributed by atoms with Crippen molar-refractivity contribution in [3.05, 3.63) is 24.3 Å². The molecule has 0 saturated heterocycles. The van der Waals surface area contributed by atoms with Crippen molar-refractivity contribution in [3.63, 3.8) is 0 Å². The average molecular weight is 817 g/mol. The summed E-state index contributed by atoms with van der Waals surface area (Å²) in [5.41, 5.74) is 0. The molecule has 0 aliphatic carbocycles. The Hall–Kier alpha value is -1.06. The van der Waals surface area contributed by atoms with Crippen LogP contribution in [0.15, 0.2) is 24.3 Å². The van der Waals surface area contributed by atoms with E-state index in [2.05, 4.69) is 38.2 Å². The Labute approximate surface area is 344 Å². The van der Waals surface area contributed by atoms with Gasteiger partial charge in [0.05, 0.1) is 26.4 Å². The Morgan fingerprint density at radius 3 is 1.45 bits per heavy atom. The zero-order valence-corrected chi connectivity index (χ0v) is 37.3. The maximum atomic E-state index is 12.6. The first-order valence-electron chi connectivity index (χ1n) is 23.3. The number of aliphatic hydroxyl groups excluding tert-OH is 2. The van der Waals surface area contributed by atoms with Gasteiger partial charge < -0.3 is 24.6 Å². The molecule has 3 unspecified atom stereocenters. The minimum Gasteiger partial charge on any atom is -0.457 e. The standard InChI is InChI=1S/C46H89O9P/c1-3-5-7-9-11-13-15-17-19-21-22-23-25-27-29-31-33-35-37-39-52-42-45(43-54-56(50,51)53-41-44(48)40-47)55-46(49)38-36-34-32-30-28-26-24-20-18-16-14-12-10-8-6-4-2/h13,15,19,21,44-45,47-48H,3-12,14,16-18,20,22-43H2,1-2H3,(H,50,51)/b15-13-,21-19-. The van der Waals surface area contributed by atoms with Crippen molar-refractivity contribution in [1.82, 2.24) is 0 Å². The molecule has 9 nitrogen and oxygen atoms in total. The highest BCUT2D eigenvalue weighted by molar-refractivity contribution is 7.47. The highest BCUT2D eigenvalue weighted by atomic mass is 31.2. The largest absolute Gasteiger partial charge is 0.472 e. The number of rotatable bonds is 45. The SMILES string of the molecule is CCCCCC/C=C\C/C=C\CCCCCCCCCCOCC(COP(=O)(O)OCC(O)CO)OC(=O)CCCCCCCCCCCCCCCCCC. The van der Waals surface area contributed by atoms with Crippen molar-refractivity contribution >= 4 is 13.8 Å². The van der Waals surface area contributed by atoms with Gasteiger partial charge in [0, 0.05) is 13.0 Å². The van der Waals surface area contributed by atoms with Crippen LogP contribution in [0.5, 0.6) is 0 Å². The molecular formula is C46H89O9P. The van der Waals surface area contributed by atoms with Gasteiger partial charge in [-0.2, -0.15) is 0 Å². The molecule has 332 valence electrons. The summed E-state index contributed by atoms with van der Waals surface area (Å²) in [6.07, 6.45) is 45.6. The molecule has 0 fully saturated rings. The summed E-state index contributed by atoms with van der Waals surface area (Å²) in [6.45, 7) is 3.53. The van der Waals surface area contributed by atoms with E-state index in [1.807, 2.05) is 0 Å². The van der Waals surface area contributed by atoms with Crippen LogP contribution in [0.25, 0.3) is 0 Å². The summed E-state index contributed by atoms with van der Waals surface area (Å²) in [5.74, 6) is -0.381. The molecule has 0 bridgehead atoms. The molecule has 0 aromatic carbocycles. The summed E-state index contributed by atoms with van der Waals surface area (Å²) < 4.78 is 33.4. The van der Waals surface area contributed by atoms with Gasteiger partial charge in [0.25, 0.3) is 0 Å². The number of carbonyl (C=O) groups excluding carboxylic acids is 1. The molecule has 0 aromatic heterocycles. The molecule has 0 radical (unpaired) electrons. The predicted octanol–water partition coefficient (Wildman–Crippen LogP) is 13.0. The van der Waals surface area contributed by atoms with Gasteiger partial charge in [0.1, 0.15) is 12.2 Å². The van der Waals surface area contributed by atoms with E-state index in [0.717, 1.165) is 51.4 Å². The van der Waals surface area contributed by atoms with Crippen molar-refractivity contribution in [2.24, 2.45) is 0 Å². The first-order valence-corrected chi connectivity index (χ1v) is 24.8. The quantitative estimate of drug-likeness (QED) is 0.0238. The summed E-state index contributed by atoms with van der Waals surface area (Å²) in [7, 11) is -4.52. The molecule has 3 N–H and O–H groups in total. The van der Waals surface area contributed by atoms with Gasteiger partial charge in [-0.3, -0.25) is 13.8 Å². The maximum absolute atomic E-state index is 12.6. The Bertz CT molecular complexity index is 928. The van der Waals surface area contributed by atoms with Crippen LogP contribution in [-0.2, 0) is 27.9 Å². The molecular weight excluding hydrogens is 727 g/mol. The molecule has 0 spiro atoms. The third-order valence-electron chi connectivity index (χ3n) is 10.1. The molecule has 0 amide bonds. The zero-order chi connectivity index (χ0) is 41.1. The Morgan fingerprint density at radius 1 is 0.554 bits per heavy atom. The summed E-state index contributed by atoms with van der Waals surface area (Å²) in [5, 5.41) is 18.4. The summed E-state index contributed by atoms with van der Waals surface area (Å²) >= 11 is 0. The number of unbranched alkanes of at least 4 members (excludes halogenated alkanes) is 27. The lowest BCUT2D eigenvalue weighted by atomic mass is 10.0. The fraction of sp³-hybridized carbons (Fsp3) is 0.891. The first-order chi connectivity index (χ1) is 27.3. The Morgan fingerprint density at radius 2 is 0.964 bits per heavy atom. The number of aliphatic hydroxyl groups is 2. The van der Waals surface area contributed by atoms with Crippen LogP contribution in [0.2, 0.25) is 0 Å². The minimum atomic E-state index is -4.52. The smallest absolute Gasteiger partial charge is 0.457 e. The monoisotopic (exact) mass is 817 g/mol. The number of hydrogen-bond donors (Lipinski definition) is 3. The number of phosphoric acid groups is 1. The normalized spacial score (nSPS) is 14.2. The molecule has 0 aliphatic heterocycles. The van der Waals surface area contributed by atoms with Gasteiger partial charge in [-0.25, -0.2) is 4.57 Å². The molecule has 0 aromatic rings. The first kappa shape index (κ1) is 54.9. The van der Waals surface area contributed by atoms with Crippen LogP contribution in [0.4, 0.5) is 0 Å². The number of ether oxygens (including phenoxy) is 2. The van der Waals surface area contributed by atoms with Crippen LogP contribution >= 0.6 is 7.82 Å². The molecule has 56 heavy (non-hydrogen) atoms. The number of hydrogen-bond acceptors (Lipinski definition) is 8. The number of esters is 1. The fourth-order valence-electron chi connectivity index (χ4n) is 6.56. The lowest BCUT2D eigenvalue weighted by Crippen LogP contribution is -2.29. The van der Waals surface area contributed by atoms with Crippen LogP contribution in [-0.4, -0.2) is 66.3 Å². The van der Waals surface area contributed by atoms with Gasteiger partial charge in [0.15, 0.2) is 0 Å². The van der Waals surface area contributed by atoms with E-state index in [4.69, 9.17) is 23.6 Å². The molecule has 0 heterocycles. The summed E-state index contributed by atoms with van der Waals surface area (Å²) in [4.78, 5) is 22.6. The third-order valence-corrected chi connectivity index (χ3v) is 11.1. The molecule has 0 rings (SSSR count). The van der Waals surface area contributed by atoms with E-state index in [1.54, 1.807) is 0 Å². The van der Waals surface area contributed by atoms with Crippen molar-refractivity contribution in [1.29, 1.82) is 0 Å². The average Bonchev–Trinajstić information content (AvgIpc) is 3.19. The van der Waals surface area contributed by atoms with E-state index < -0.39 is 33.2 Å². The number of allylic oxidation sites excluding steroid dienone is 4. The van der Waals surface area contributed by atoms with Gasteiger partial charge in [-0.1, -0.05) is 192 Å².